The lowest BCUT2D eigenvalue weighted by Gasteiger charge is -2.18. The molecule has 15 heavy (non-hydrogen) atoms. The van der Waals surface area contributed by atoms with Gasteiger partial charge in [0.2, 0.25) is 0 Å². The molecule has 0 aliphatic carbocycles. The normalized spacial score (nSPS) is 12.5. The van der Waals surface area contributed by atoms with E-state index in [1.807, 2.05) is 6.07 Å². The van der Waals surface area contributed by atoms with Gasteiger partial charge in [-0.25, -0.2) is 0 Å². The molecule has 3 heteroatoms. The van der Waals surface area contributed by atoms with Crippen LogP contribution in [0, 0.1) is 0 Å². The van der Waals surface area contributed by atoms with Gasteiger partial charge in [-0.1, -0.05) is 36.2 Å². The minimum absolute atomic E-state index is 0.570. The van der Waals surface area contributed by atoms with Crippen LogP contribution in [0.15, 0.2) is 27.1 Å². The molecule has 1 rings (SSSR count). The van der Waals surface area contributed by atoms with Crippen molar-refractivity contribution < 1.29 is 0 Å². The summed E-state index contributed by atoms with van der Waals surface area (Å²) in [5.41, 5.74) is 1.17. The van der Waals surface area contributed by atoms with Crippen molar-refractivity contribution in [2.45, 2.75) is 39.2 Å². The molecule has 0 heterocycles. The van der Waals surface area contributed by atoms with Crippen molar-refractivity contribution in [3.8, 4) is 0 Å². The minimum atomic E-state index is 0.570. The number of rotatable bonds is 5. The van der Waals surface area contributed by atoms with Crippen LogP contribution in [0.5, 0.6) is 0 Å². The van der Waals surface area contributed by atoms with E-state index in [1.54, 1.807) is 0 Å². The lowest BCUT2D eigenvalue weighted by Crippen LogP contribution is -2.18. The second-order valence-electron chi connectivity index (χ2n) is 3.66. The van der Waals surface area contributed by atoms with E-state index >= 15 is 0 Å². The predicted octanol–water partition coefficient (Wildman–Crippen LogP) is 5.20. The molecule has 1 nitrogen and oxygen atoms in total. The summed E-state index contributed by atoms with van der Waals surface area (Å²) in [5, 5.41) is 3.56. The van der Waals surface area contributed by atoms with Gasteiger partial charge in [-0.05, 0) is 47.0 Å². The second-order valence-corrected chi connectivity index (χ2v) is 5.43. The summed E-state index contributed by atoms with van der Waals surface area (Å²) in [6.07, 6.45) is 3.60. The maximum Gasteiger partial charge on any atom is 0.0498 e. The van der Waals surface area contributed by atoms with Crippen LogP contribution in [0.4, 0.5) is 5.69 Å². The van der Waals surface area contributed by atoms with Crippen LogP contribution in [0.1, 0.15) is 33.1 Å². The molecule has 84 valence electrons. The molecule has 0 aliphatic rings. The predicted molar refractivity (Wildman–Crippen MR) is 74.5 cm³/mol. The minimum Gasteiger partial charge on any atom is -0.381 e. The van der Waals surface area contributed by atoms with Crippen molar-refractivity contribution in [3.05, 3.63) is 27.1 Å². The smallest absolute Gasteiger partial charge is 0.0498 e. The summed E-state index contributed by atoms with van der Waals surface area (Å²) in [6, 6.07) is 6.78. The quantitative estimate of drug-likeness (QED) is 0.780. The Labute approximate surface area is 109 Å². The summed E-state index contributed by atoms with van der Waals surface area (Å²) in [4.78, 5) is 0. The standard InChI is InChI=1S/C12H17Br2N/c1-3-5-10(4-2)15-12-8-9(13)6-7-11(12)14/h6-8,10,15H,3-5H2,1-2H3. The maximum absolute atomic E-state index is 3.56. The molecule has 1 N–H and O–H groups in total. The summed E-state index contributed by atoms with van der Waals surface area (Å²) in [6.45, 7) is 4.44. The Hall–Kier alpha value is -0.0200. The Balaban J connectivity index is 2.73. The molecular weight excluding hydrogens is 318 g/mol. The molecule has 1 aromatic rings. The van der Waals surface area contributed by atoms with E-state index in [2.05, 4.69) is 63.2 Å². The van der Waals surface area contributed by atoms with Gasteiger partial charge < -0.3 is 5.32 Å². The summed E-state index contributed by atoms with van der Waals surface area (Å²) < 4.78 is 2.24. The maximum atomic E-state index is 3.56. The Morgan fingerprint density at radius 1 is 1.27 bits per heavy atom. The highest BCUT2D eigenvalue weighted by Crippen LogP contribution is 2.27. The van der Waals surface area contributed by atoms with Crippen LogP contribution >= 0.6 is 31.9 Å². The van der Waals surface area contributed by atoms with Gasteiger partial charge in [-0.15, -0.1) is 0 Å². The number of halogens is 2. The summed E-state index contributed by atoms with van der Waals surface area (Å²) >= 11 is 7.04. The van der Waals surface area contributed by atoms with Crippen molar-refractivity contribution in [1.29, 1.82) is 0 Å². The van der Waals surface area contributed by atoms with Gasteiger partial charge in [0.05, 0.1) is 0 Å². The van der Waals surface area contributed by atoms with Crippen LogP contribution in [-0.2, 0) is 0 Å². The molecule has 0 bridgehead atoms. The number of benzene rings is 1. The van der Waals surface area contributed by atoms with Crippen molar-refractivity contribution in [3.63, 3.8) is 0 Å². The Morgan fingerprint density at radius 3 is 2.60 bits per heavy atom. The molecule has 0 fully saturated rings. The first-order valence-corrected chi connectivity index (χ1v) is 6.97. The lowest BCUT2D eigenvalue weighted by molar-refractivity contribution is 0.622. The zero-order chi connectivity index (χ0) is 11.3. The SMILES string of the molecule is CCCC(CC)Nc1cc(Br)ccc1Br. The van der Waals surface area contributed by atoms with Crippen molar-refractivity contribution in [2.75, 3.05) is 5.32 Å². The van der Waals surface area contributed by atoms with Crippen LogP contribution < -0.4 is 5.32 Å². The van der Waals surface area contributed by atoms with Gasteiger partial charge in [0.15, 0.2) is 0 Å². The van der Waals surface area contributed by atoms with Crippen LogP contribution in [-0.4, -0.2) is 6.04 Å². The number of hydrogen-bond donors (Lipinski definition) is 1. The van der Waals surface area contributed by atoms with Crippen LogP contribution in [0.25, 0.3) is 0 Å². The van der Waals surface area contributed by atoms with Crippen molar-refractivity contribution >= 4 is 37.5 Å². The first kappa shape index (κ1) is 13.0. The Morgan fingerprint density at radius 2 is 2.00 bits per heavy atom. The molecule has 1 unspecified atom stereocenters. The summed E-state index contributed by atoms with van der Waals surface area (Å²) in [5.74, 6) is 0. The van der Waals surface area contributed by atoms with E-state index < -0.39 is 0 Å². The highest BCUT2D eigenvalue weighted by Gasteiger charge is 2.07. The topological polar surface area (TPSA) is 12.0 Å². The van der Waals surface area contributed by atoms with E-state index in [9.17, 15) is 0 Å². The molecule has 0 radical (unpaired) electrons. The highest BCUT2D eigenvalue weighted by molar-refractivity contribution is 9.11. The van der Waals surface area contributed by atoms with Crippen molar-refractivity contribution in [2.24, 2.45) is 0 Å². The number of nitrogens with one attached hydrogen (secondary N) is 1. The van der Waals surface area contributed by atoms with Gasteiger partial charge in [0, 0.05) is 20.7 Å². The highest BCUT2D eigenvalue weighted by atomic mass is 79.9. The largest absolute Gasteiger partial charge is 0.381 e. The van der Waals surface area contributed by atoms with E-state index in [4.69, 9.17) is 0 Å². The van der Waals surface area contributed by atoms with Crippen LogP contribution in [0.3, 0.4) is 0 Å². The molecule has 0 saturated heterocycles. The van der Waals surface area contributed by atoms with E-state index in [1.165, 1.54) is 18.5 Å². The third-order valence-corrected chi connectivity index (χ3v) is 3.60. The van der Waals surface area contributed by atoms with Gasteiger partial charge in [-0.2, -0.15) is 0 Å². The third kappa shape index (κ3) is 4.15. The van der Waals surface area contributed by atoms with E-state index in [0.29, 0.717) is 6.04 Å². The lowest BCUT2D eigenvalue weighted by atomic mass is 10.1. The molecule has 0 spiro atoms. The fourth-order valence-corrected chi connectivity index (χ4v) is 2.28. The Bertz CT molecular complexity index is 312. The molecule has 1 atom stereocenters. The van der Waals surface area contributed by atoms with E-state index in [0.717, 1.165) is 15.4 Å². The van der Waals surface area contributed by atoms with Gasteiger partial charge in [0.25, 0.3) is 0 Å². The Kier molecular flexibility index (Phi) is 5.69. The average Bonchev–Trinajstić information content (AvgIpc) is 2.22. The second kappa shape index (κ2) is 6.54. The molecular formula is C12H17Br2N. The zero-order valence-corrected chi connectivity index (χ0v) is 12.4. The fraction of sp³-hybridized carbons (Fsp3) is 0.500. The van der Waals surface area contributed by atoms with Gasteiger partial charge in [-0.3, -0.25) is 0 Å². The average molecular weight is 335 g/mol. The zero-order valence-electron chi connectivity index (χ0n) is 9.19. The van der Waals surface area contributed by atoms with E-state index in [-0.39, 0.29) is 0 Å². The summed E-state index contributed by atoms with van der Waals surface area (Å²) in [7, 11) is 0. The first-order valence-electron chi connectivity index (χ1n) is 5.39. The monoisotopic (exact) mass is 333 g/mol. The molecule has 1 aromatic carbocycles. The molecule has 0 aromatic heterocycles. The van der Waals surface area contributed by atoms with Gasteiger partial charge >= 0.3 is 0 Å². The number of anilines is 1. The fourth-order valence-electron chi connectivity index (χ4n) is 1.55. The molecule has 0 aliphatic heterocycles. The first-order chi connectivity index (χ1) is 7.17. The van der Waals surface area contributed by atoms with Gasteiger partial charge in [0.1, 0.15) is 0 Å². The number of hydrogen-bond acceptors (Lipinski definition) is 1. The third-order valence-electron chi connectivity index (χ3n) is 2.42. The van der Waals surface area contributed by atoms with Crippen molar-refractivity contribution in [1.82, 2.24) is 0 Å². The van der Waals surface area contributed by atoms with Crippen LogP contribution in [0.2, 0.25) is 0 Å². The molecule has 0 amide bonds. The molecule has 0 saturated carbocycles.